The van der Waals surface area contributed by atoms with Crippen molar-refractivity contribution in [3.05, 3.63) is 26.8 Å². The number of thiazole rings is 1. The van der Waals surface area contributed by atoms with Crippen LogP contribution in [0.15, 0.2) is 12.1 Å². The van der Waals surface area contributed by atoms with Crippen LogP contribution in [0.25, 0.3) is 0 Å². The van der Waals surface area contributed by atoms with Gasteiger partial charge in [0.1, 0.15) is 10.7 Å². The van der Waals surface area contributed by atoms with Gasteiger partial charge in [-0.1, -0.05) is 18.3 Å². The maximum Gasteiger partial charge on any atom is 0.265 e. The molecule has 0 aliphatic carbocycles. The molecule has 0 aliphatic rings. The van der Waals surface area contributed by atoms with Crippen LogP contribution in [0, 0.1) is 0 Å². The van der Waals surface area contributed by atoms with Gasteiger partial charge in [0.15, 0.2) is 5.13 Å². The number of nitrogen functional groups attached to an aromatic ring is 1. The van der Waals surface area contributed by atoms with Gasteiger partial charge in [-0.3, -0.25) is 4.79 Å². The molecule has 0 saturated heterocycles. The quantitative estimate of drug-likeness (QED) is 0.889. The summed E-state index contributed by atoms with van der Waals surface area (Å²) < 4.78 is 0. The third-order valence-corrected chi connectivity index (χ3v) is 5.19. The van der Waals surface area contributed by atoms with E-state index in [1.807, 2.05) is 25.1 Å². The molecule has 0 bridgehead atoms. The molecule has 0 radical (unpaired) electrons. The molecule has 0 aliphatic heterocycles. The van der Waals surface area contributed by atoms with Gasteiger partial charge < -0.3 is 16.0 Å². The van der Waals surface area contributed by atoms with Gasteiger partial charge in [-0.15, -0.1) is 11.3 Å². The van der Waals surface area contributed by atoms with Crippen LogP contribution in [-0.4, -0.2) is 25.0 Å². The minimum Gasteiger partial charge on any atom is -0.382 e. The standard InChI is InChI=1S/C13H18N4OS2/c1-4-8-5-6-9(19-8)7-15-12(18)10-11(14)16-13(20-10)17(2)3/h5-6H,4,7,14H2,1-3H3,(H,15,18). The molecule has 7 heteroatoms. The fraction of sp³-hybridized carbons (Fsp3) is 0.385. The van der Waals surface area contributed by atoms with Crippen LogP contribution in [-0.2, 0) is 13.0 Å². The number of nitrogens with one attached hydrogen (secondary N) is 1. The van der Waals surface area contributed by atoms with Crippen molar-refractivity contribution in [2.75, 3.05) is 24.7 Å². The molecule has 1 amide bonds. The first kappa shape index (κ1) is 14.8. The smallest absolute Gasteiger partial charge is 0.265 e. The number of amides is 1. The number of aryl methyl sites for hydroxylation is 1. The molecular formula is C13H18N4OS2. The van der Waals surface area contributed by atoms with Crippen LogP contribution in [0.1, 0.15) is 26.3 Å². The molecule has 0 unspecified atom stereocenters. The van der Waals surface area contributed by atoms with Gasteiger partial charge >= 0.3 is 0 Å². The number of aromatic nitrogens is 1. The highest BCUT2D eigenvalue weighted by atomic mass is 32.1. The molecule has 0 fully saturated rings. The van der Waals surface area contributed by atoms with Crippen LogP contribution < -0.4 is 16.0 Å². The third kappa shape index (κ3) is 3.29. The van der Waals surface area contributed by atoms with Crippen molar-refractivity contribution in [1.82, 2.24) is 10.3 Å². The second kappa shape index (κ2) is 6.23. The Morgan fingerprint density at radius 2 is 2.05 bits per heavy atom. The number of nitrogens with two attached hydrogens (primary N) is 1. The summed E-state index contributed by atoms with van der Waals surface area (Å²) in [5, 5.41) is 3.62. The lowest BCUT2D eigenvalue weighted by Crippen LogP contribution is -2.22. The largest absolute Gasteiger partial charge is 0.382 e. The van der Waals surface area contributed by atoms with Gasteiger partial charge in [0.2, 0.25) is 0 Å². The zero-order chi connectivity index (χ0) is 14.7. The molecule has 0 aromatic carbocycles. The Morgan fingerprint density at radius 3 is 2.60 bits per heavy atom. The fourth-order valence-corrected chi connectivity index (χ4v) is 3.35. The Balaban J connectivity index is 2.01. The Hall–Kier alpha value is -1.60. The normalized spacial score (nSPS) is 10.6. The Morgan fingerprint density at radius 1 is 1.35 bits per heavy atom. The average Bonchev–Trinajstić information content (AvgIpc) is 3.02. The van der Waals surface area contributed by atoms with E-state index in [0.29, 0.717) is 11.4 Å². The van der Waals surface area contributed by atoms with Crippen molar-refractivity contribution in [2.45, 2.75) is 19.9 Å². The van der Waals surface area contributed by atoms with E-state index in [-0.39, 0.29) is 11.7 Å². The lowest BCUT2D eigenvalue weighted by Gasteiger charge is -2.05. The van der Waals surface area contributed by atoms with Crippen molar-refractivity contribution in [3.63, 3.8) is 0 Å². The van der Waals surface area contributed by atoms with E-state index in [2.05, 4.69) is 23.3 Å². The summed E-state index contributed by atoms with van der Waals surface area (Å²) in [4.78, 5) is 21.1. The second-order valence-corrected chi connectivity index (χ2v) is 6.74. The topological polar surface area (TPSA) is 71.2 Å². The van der Waals surface area contributed by atoms with Crippen LogP contribution in [0.3, 0.4) is 0 Å². The van der Waals surface area contributed by atoms with Gasteiger partial charge in [-0.2, -0.15) is 0 Å². The minimum absolute atomic E-state index is 0.167. The number of thiophene rings is 1. The molecule has 108 valence electrons. The highest BCUT2D eigenvalue weighted by molar-refractivity contribution is 7.18. The molecule has 20 heavy (non-hydrogen) atoms. The molecule has 0 atom stereocenters. The summed E-state index contributed by atoms with van der Waals surface area (Å²) in [6.45, 7) is 2.65. The molecule has 0 spiro atoms. The molecule has 5 nitrogen and oxygen atoms in total. The van der Waals surface area contributed by atoms with Crippen LogP contribution in [0.2, 0.25) is 0 Å². The zero-order valence-electron chi connectivity index (χ0n) is 11.8. The third-order valence-electron chi connectivity index (χ3n) is 2.72. The second-order valence-electron chi connectivity index (χ2n) is 4.51. The Bertz CT molecular complexity index is 603. The summed E-state index contributed by atoms with van der Waals surface area (Å²) in [5.74, 6) is 0.121. The number of carbonyl (C=O) groups excluding carboxylic acids is 1. The van der Waals surface area contributed by atoms with Crippen molar-refractivity contribution in [3.8, 4) is 0 Å². The molecule has 2 aromatic rings. The van der Waals surface area contributed by atoms with Crippen molar-refractivity contribution in [1.29, 1.82) is 0 Å². The molecule has 2 heterocycles. The maximum atomic E-state index is 12.1. The predicted molar refractivity (Wildman–Crippen MR) is 85.7 cm³/mol. The highest BCUT2D eigenvalue weighted by Gasteiger charge is 2.17. The van der Waals surface area contributed by atoms with E-state index >= 15 is 0 Å². The van der Waals surface area contributed by atoms with Crippen molar-refractivity contribution in [2.24, 2.45) is 0 Å². The summed E-state index contributed by atoms with van der Waals surface area (Å²) in [5.41, 5.74) is 5.79. The van der Waals surface area contributed by atoms with E-state index in [4.69, 9.17) is 5.73 Å². The molecule has 2 rings (SSSR count). The van der Waals surface area contributed by atoms with E-state index < -0.39 is 0 Å². The summed E-state index contributed by atoms with van der Waals surface area (Å²) in [7, 11) is 3.75. The van der Waals surface area contributed by atoms with Crippen LogP contribution >= 0.6 is 22.7 Å². The van der Waals surface area contributed by atoms with E-state index in [0.717, 1.165) is 16.4 Å². The van der Waals surface area contributed by atoms with E-state index in [9.17, 15) is 4.79 Å². The average molecular weight is 310 g/mol. The van der Waals surface area contributed by atoms with Gasteiger partial charge in [-0.25, -0.2) is 4.98 Å². The predicted octanol–water partition coefficient (Wildman–Crippen LogP) is 2.35. The first-order valence-corrected chi connectivity index (χ1v) is 7.94. The van der Waals surface area contributed by atoms with Gasteiger partial charge in [0, 0.05) is 23.8 Å². The monoisotopic (exact) mass is 310 g/mol. The Kier molecular flexibility index (Phi) is 4.61. The first-order chi connectivity index (χ1) is 9.51. The zero-order valence-corrected chi connectivity index (χ0v) is 13.4. The Labute approximate surface area is 126 Å². The molecular weight excluding hydrogens is 292 g/mol. The number of nitrogens with zero attached hydrogens (tertiary/aromatic N) is 2. The molecule has 3 N–H and O–H groups in total. The molecule has 0 saturated carbocycles. The first-order valence-electron chi connectivity index (χ1n) is 6.30. The minimum atomic E-state index is -0.167. The number of rotatable bonds is 5. The summed E-state index contributed by atoms with van der Waals surface area (Å²) in [6, 6.07) is 4.14. The van der Waals surface area contributed by atoms with Crippen molar-refractivity contribution >= 4 is 39.5 Å². The van der Waals surface area contributed by atoms with Crippen molar-refractivity contribution < 1.29 is 4.79 Å². The number of hydrogen-bond donors (Lipinski definition) is 2. The van der Waals surface area contributed by atoms with Gasteiger partial charge in [0.25, 0.3) is 5.91 Å². The highest BCUT2D eigenvalue weighted by Crippen LogP contribution is 2.26. The number of anilines is 2. The summed E-state index contributed by atoms with van der Waals surface area (Å²) in [6.07, 6.45) is 1.02. The van der Waals surface area contributed by atoms with Gasteiger partial charge in [-0.05, 0) is 18.6 Å². The van der Waals surface area contributed by atoms with Crippen LogP contribution in [0.5, 0.6) is 0 Å². The lowest BCUT2D eigenvalue weighted by atomic mass is 10.3. The van der Waals surface area contributed by atoms with E-state index in [1.165, 1.54) is 16.2 Å². The van der Waals surface area contributed by atoms with E-state index in [1.54, 1.807) is 11.3 Å². The molecule has 2 aromatic heterocycles. The van der Waals surface area contributed by atoms with Crippen LogP contribution in [0.4, 0.5) is 10.9 Å². The lowest BCUT2D eigenvalue weighted by molar-refractivity contribution is 0.0956. The fourth-order valence-electron chi connectivity index (χ4n) is 1.63. The SMILES string of the molecule is CCc1ccc(CNC(=O)c2sc(N(C)C)nc2N)s1. The maximum absolute atomic E-state index is 12.1. The number of carbonyl (C=O) groups is 1. The van der Waals surface area contributed by atoms with Gasteiger partial charge in [0.05, 0.1) is 6.54 Å². The summed E-state index contributed by atoms with van der Waals surface area (Å²) >= 11 is 3.02. The number of hydrogen-bond acceptors (Lipinski definition) is 6.